The Morgan fingerprint density at radius 1 is 1.00 bits per heavy atom. The Morgan fingerprint density at radius 3 is 2.23 bits per heavy atom. The highest BCUT2D eigenvalue weighted by atomic mass is 32.2. The van der Waals surface area contributed by atoms with Crippen LogP contribution >= 0.6 is 0 Å². The maximum Gasteiger partial charge on any atom is 0.358 e. The Labute approximate surface area is 128 Å². The minimum atomic E-state index is -4.02. The summed E-state index contributed by atoms with van der Waals surface area (Å²) >= 11 is 0. The highest BCUT2D eigenvalue weighted by molar-refractivity contribution is 7.86. The topological polar surface area (TPSA) is 82.0 Å². The summed E-state index contributed by atoms with van der Waals surface area (Å²) in [6.45, 7) is 3.28. The summed E-state index contributed by atoms with van der Waals surface area (Å²) < 4.78 is 33.8. The molecule has 1 aliphatic carbocycles. The Morgan fingerprint density at radius 2 is 1.64 bits per heavy atom. The van der Waals surface area contributed by atoms with Crippen molar-refractivity contribution in [2.75, 3.05) is 7.11 Å². The number of methoxy groups -OCH3 is 1. The van der Waals surface area contributed by atoms with Gasteiger partial charge in [-0.1, -0.05) is 5.16 Å². The van der Waals surface area contributed by atoms with E-state index in [1.807, 2.05) is 0 Å². The summed E-state index contributed by atoms with van der Waals surface area (Å²) in [4.78, 5) is 11.4. The smallest absolute Gasteiger partial charge is 0.358 e. The number of carbonyl (C=O) groups is 1. The van der Waals surface area contributed by atoms with Crippen molar-refractivity contribution in [3.63, 3.8) is 0 Å². The lowest BCUT2D eigenvalue weighted by molar-refractivity contribution is -0.111. The fourth-order valence-electron chi connectivity index (χ4n) is 1.75. The largest absolute Gasteiger partial charge is 0.497 e. The first-order valence-corrected chi connectivity index (χ1v) is 7.81. The van der Waals surface area contributed by atoms with Crippen LogP contribution in [0.4, 0.5) is 0 Å². The third kappa shape index (κ3) is 3.43. The predicted molar refractivity (Wildman–Crippen MR) is 81.2 cm³/mol. The van der Waals surface area contributed by atoms with Crippen LogP contribution in [0.1, 0.15) is 13.8 Å². The number of rotatable bonds is 4. The molecular weight excluding hydrogens is 306 g/mol. The summed E-state index contributed by atoms with van der Waals surface area (Å²) in [5.74, 6) is 0.405. The van der Waals surface area contributed by atoms with Gasteiger partial charge in [0.05, 0.1) is 7.11 Å². The normalized spacial score (nSPS) is 17.0. The first-order chi connectivity index (χ1) is 10.3. The molecule has 1 aromatic carbocycles. The van der Waals surface area contributed by atoms with Gasteiger partial charge in [0.1, 0.15) is 16.4 Å². The summed E-state index contributed by atoms with van der Waals surface area (Å²) in [5.41, 5.74) is 1.31. The van der Waals surface area contributed by atoms with Crippen LogP contribution in [0.15, 0.2) is 57.6 Å². The fourth-order valence-corrected chi connectivity index (χ4v) is 2.48. The molecule has 1 aromatic rings. The minimum absolute atomic E-state index is 0.0353. The Balaban J connectivity index is 2.24. The molecule has 0 heterocycles. The zero-order chi connectivity index (χ0) is 16.3. The van der Waals surface area contributed by atoms with Crippen molar-refractivity contribution in [3.8, 4) is 5.75 Å². The van der Waals surface area contributed by atoms with Gasteiger partial charge in [-0.25, -0.2) is 0 Å². The molecule has 0 aromatic heterocycles. The highest BCUT2D eigenvalue weighted by Crippen LogP contribution is 2.19. The third-order valence-corrected chi connectivity index (χ3v) is 4.20. The van der Waals surface area contributed by atoms with Crippen molar-refractivity contribution in [1.29, 1.82) is 0 Å². The van der Waals surface area contributed by atoms with Crippen molar-refractivity contribution >= 4 is 21.6 Å². The zero-order valence-electron chi connectivity index (χ0n) is 12.4. The van der Waals surface area contributed by atoms with Crippen LogP contribution < -0.4 is 4.74 Å². The number of ether oxygens (including phenoxy) is 1. The molecule has 0 radical (unpaired) electrons. The van der Waals surface area contributed by atoms with Gasteiger partial charge in [0, 0.05) is 0 Å². The van der Waals surface area contributed by atoms with Gasteiger partial charge in [0.2, 0.25) is 0 Å². The molecule has 0 aliphatic heterocycles. The number of hydrogen-bond acceptors (Lipinski definition) is 6. The molecule has 0 atom stereocenters. The maximum atomic E-state index is 12.0. The summed E-state index contributed by atoms with van der Waals surface area (Å²) in [5, 5.41) is 3.64. The predicted octanol–water partition coefficient (Wildman–Crippen LogP) is 2.23. The second kappa shape index (κ2) is 6.15. The first kappa shape index (κ1) is 16.0. The Bertz CT molecular complexity index is 786. The van der Waals surface area contributed by atoms with Crippen LogP contribution in [0.25, 0.3) is 0 Å². The number of nitrogens with zero attached hydrogens (tertiary/aromatic N) is 1. The molecule has 1 aliphatic rings. The molecule has 0 bridgehead atoms. The Kier molecular flexibility index (Phi) is 4.46. The fraction of sp³-hybridized carbons (Fsp3) is 0.200. The highest BCUT2D eigenvalue weighted by Gasteiger charge is 2.18. The molecule has 0 spiro atoms. The zero-order valence-corrected chi connectivity index (χ0v) is 13.2. The quantitative estimate of drug-likeness (QED) is 0.627. The van der Waals surface area contributed by atoms with Crippen LogP contribution in [-0.2, 0) is 19.2 Å². The van der Waals surface area contributed by atoms with E-state index in [1.165, 1.54) is 43.5 Å². The molecule has 116 valence electrons. The molecule has 6 nitrogen and oxygen atoms in total. The van der Waals surface area contributed by atoms with Gasteiger partial charge in [-0.3, -0.25) is 9.08 Å². The van der Waals surface area contributed by atoms with E-state index in [0.29, 0.717) is 22.6 Å². The molecule has 22 heavy (non-hydrogen) atoms. The second-order valence-corrected chi connectivity index (χ2v) is 6.23. The van der Waals surface area contributed by atoms with E-state index in [-0.39, 0.29) is 10.7 Å². The van der Waals surface area contributed by atoms with Crippen molar-refractivity contribution in [2.24, 2.45) is 5.16 Å². The lowest BCUT2D eigenvalue weighted by Crippen LogP contribution is -2.12. The molecule has 0 N–H and O–H groups in total. The van der Waals surface area contributed by atoms with E-state index >= 15 is 0 Å². The summed E-state index contributed by atoms with van der Waals surface area (Å²) in [6, 6.07) is 5.75. The van der Waals surface area contributed by atoms with Gasteiger partial charge in [-0.2, -0.15) is 8.42 Å². The number of allylic oxidation sites excluding steroid dienone is 4. The summed E-state index contributed by atoms with van der Waals surface area (Å²) in [6.07, 6.45) is 2.87. The number of benzene rings is 1. The second-order valence-electron chi connectivity index (χ2n) is 4.70. The van der Waals surface area contributed by atoms with Crippen molar-refractivity contribution < 1.29 is 22.2 Å². The summed E-state index contributed by atoms with van der Waals surface area (Å²) in [7, 11) is -2.54. The number of hydrogen-bond donors (Lipinski definition) is 0. The molecular formula is C15H15NO5S. The average molecular weight is 321 g/mol. The Hall–Kier alpha value is -2.41. The van der Waals surface area contributed by atoms with E-state index in [4.69, 9.17) is 9.02 Å². The minimum Gasteiger partial charge on any atom is -0.497 e. The van der Waals surface area contributed by atoms with Crippen molar-refractivity contribution in [2.45, 2.75) is 18.7 Å². The van der Waals surface area contributed by atoms with E-state index < -0.39 is 10.1 Å². The molecule has 2 rings (SSSR count). The van der Waals surface area contributed by atoms with Gasteiger partial charge >= 0.3 is 10.1 Å². The van der Waals surface area contributed by atoms with Gasteiger partial charge in [0.25, 0.3) is 0 Å². The maximum absolute atomic E-state index is 12.0. The monoisotopic (exact) mass is 321 g/mol. The molecule has 0 amide bonds. The van der Waals surface area contributed by atoms with Crippen LogP contribution in [0.3, 0.4) is 0 Å². The van der Waals surface area contributed by atoms with Crippen LogP contribution in [0, 0.1) is 0 Å². The van der Waals surface area contributed by atoms with E-state index in [0.717, 1.165) is 0 Å². The molecule has 0 saturated carbocycles. The van der Waals surface area contributed by atoms with Gasteiger partial charge < -0.3 is 4.74 Å². The van der Waals surface area contributed by atoms with E-state index in [2.05, 4.69) is 5.16 Å². The van der Waals surface area contributed by atoms with Crippen LogP contribution in [0.5, 0.6) is 5.75 Å². The molecule has 0 unspecified atom stereocenters. The molecule has 0 fully saturated rings. The average Bonchev–Trinajstić information content (AvgIpc) is 2.49. The van der Waals surface area contributed by atoms with Gasteiger partial charge in [-0.05, 0) is 61.4 Å². The van der Waals surface area contributed by atoms with Crippen molar-refractivity contribution in [1.82, 2.24) is 0 Å². The molecule has 7 heteroatoms. The van der Waals surface area contributed by atoms with Crippen LogP contribution in [-0.4, -0.2) is 27.0 Å². The van der Waals surface area contributed by atoms with Gasteiger partial charge in [0.15, 0.2) is 5.78 Å². The van der Waals surface area contributed by atoms with Crippen LogP contribution in [0.2, 0.25) is 0 Å². The molecule has 0 saturated heterocycles. The number of ketones is 1. The first-order valence-electron chi connectivity index (χ1n) is 6.40. The SMILES string of the molecule is COc1ccc(S(=O)(=O)ON=C2C=C(C)C(=O)C=C2C)cc1. The van der Waals surface area contributed by atoms with E-state index in [1.54, 1.807) is 13.8 Å². The lowest BCUT2D eigenvalue weighted by Gasteiger charge is -2.09. The lowest BCUT2D eigenvalue weighted by atomic mass is 9.99. The van der Waals surface area contributed by atoms with E-state index in [9.17, 15) is 13.2 Å². The van der Waals surface area contributed by atoms with Gasteiger partial charge in [-0.15, -0.1) is 0 Å². The number of oxime groups is 1. The third-order valence-electron chi connectivity index (χ3n) is 3.08. The standard InChI is InChI=1S/C15H15NO5S/c1-10-9-15(17)11(2)8-14(10)16-21-22(18,19)13-6-4-12(20-3)5-7-13/h4-9H,1-3H3. The number of carbonyl (C=O) groups excluding carboxylic acids is 1. The van der Waals surface area contributed by atoms with Crippen molar-refractivity contribution in [3.05, 3.63) is 47.6 Å².